The molecule has 0 aliphatic heterocycles. The summed E-state index contributed by atoms with van der Waals surface area (Å²) in [6.45, 7) is 0. The van der Waals surface area contributed by atoms with Gasteiger partial charge in [0.25, 0.3) is 0 Å². The lowest BCUT2D eigenvalue weighted by Crippen LogP contribution is -1.89. The molecular weight excluding hydrogens is 234 g/mol. The molecule has 3 aromatic rings. The molecule has 3 rings (SSSR count). The van der Waals surface area contributed by atoms with Gasteiger partial charge in [0.2, 0.25) is 0 Å². The minimum Gasteiger partial charge on any atom is -0.341 e. The number of aromatic nitrogens is 5. The topological polar surface area (TPSA) is 67.3 Å². The van der Waals surface area contributed by atoms with Crippen LogP contribution >= 0.6 is 11.8 Å². The highest BCUT2D eigenvalue weighted by Gasteiger charge is 2.06. The normalized spacial score (nSPS) is 10.8. The average molecular weight is 243 g/mol. The van der Waals surface area contributed by atoms with Crippen LogP contribution in [-0.4, -0.2) is 24.9 Å². The van der Waals surface area contributed by atoms with Crippen LogP contribution in [0, 0.1) is 0 Å². The lowest BCUT2D eigenvalue weighted by atomic mass is 10.4. The molecule has 1 N–H and O–H groups in total. The monoisotopic (exact) mass is 243 g/mol. The first-order valence-corrected chi connectivity index (χ1v) is 6.09. The lowest BCUT2D eigenvalue weighted by Gasteiger charge is -2.00. The molecule has 3 heterocycles. The quantitative estimate of drug-likeness (QED) is 0.563. The fraction of sp³-hybridized carbons (Fsp3) is 0.0909. The number of nitrogens with zero attached hydrogens (tertiary/aromatic N) is 4. The molecule has 0 aliphatic carbocycles. The van der Waals surface area contributed by atoms with Crippen molar-refractivity contribution in [3.05, 3.63) is 42.7 Å². The first kappa shape index (κ1) is 10.2. The van der Waals surface area contributed by atoms with E-state index in [1.807, 2.05) is 18.2 Å². The maximum absolute atomic E-state index is 4.27. The highest BCUT2D eigenvalue weighted by molar-refractivity contribution is 7.98. The zero-order valence-electron chi connectivity index (χ0n) is 8.87. The number of pyridine rings is 1. The summed E-state index contributed by atoms with van der Waals surface area (Å²) in [6.07, 6.45) is 4.95. The van der Waals surface area contributed by atoms with Crippen LogP contribution in [0.25, 0.3) is 11.2 Å². The summed E-state index contributed by atoms with van der Waals surface area (Å²) in [5.74, 6) is 0.784. The Balaban J connectivity index is 1.84. The van der Waals surface area contributed by atoms with Gasteiger partial charge in [-0.1, -0.05) is 17.8 Å². The van der Waals surface area contributed by atoms with E-state index in [0.29, 0.717) is 5.65 Å². The molecule has 0 atom stereocenters. The van der Waals surface area contributed by atoms with E-state index in [4.69, 9.17) is 0 Å². The van der Waals surface area contributed by atoms with Crippen LogP contribution in [0.3, 0.4) is 0 Å². The number of rotatable bonds is 3. The lowest BCUT2D eigenvalue weighted by molar-refractivity contribution is 1.08. The van der Waals surface area contributed by atoms with E-state index in [9.17, 15) is 0 Å². The third-order valence-electron chi connectivity index (χ3n) is 2.27. The minimum absolute atomic E-state index is 0.698. The molecular formula is C11H9N5S. The van der Waals surface area contributed by atoms with Crippen molar-refractivity contribution in [2.45, 2.75) is 10.8 Å². The molecule has 6 heteroatoms. The predicted molar refractivity (Wildman–Crippen MR) is 65.5 cm³/mol. The second-order valence-corrected chi connectivity index (χ2v) is 4.35. The van der Waals surface area contributed by atoms with Crippen LogP contribution in [0.4, 0.5) is 0 Å². The Morgan fingerprint density at radius 3 is 3.00 bits per heavy atom. The van der Waals surface area contributed by atoms with Crippen molar-refractivity contribution in [1.82, 2.24) is 24.9 Å². The Hall–Kier alpha value is -1.95. The SMILES string of the molecule is c1ccc(CSc2ncnc3nc[nH]c23)nc1. The molecule has 17 heavy (non-hydrogen) atoms. The molecule has 3 aromatic heterocycles. The summed E-state index contributed by atoms with van der Waals surface area (Å²) < 4.78 is 0. The smallest absolute Gasteiger partial charge is 0.181 e. The Bertz CT molecular complexity index is 622. The van der Waals surface area contributed by atoms with Crippen molar-refractivity contribution in [3.63, 3.8) is 0 Å². The maximum atomic E-state index is 4.27. The summed E-state index contributed by atoms with van der Waals surface area (Å²) in [7, 11) is 0. The van der Waals surface area contributed by atoms with E-state index in [2.05, 4.69) is 24.9 Å². The van der Waals surface area contributed by atoms with Crippen molar-refractivity contribution in [1.29, 1.82) is 0 Å². The molecule has 5 nitrogen and oxygen atoms in total. The molecule has 0 aromatic carbocycles. The van der Waals surface area contributed by atoms with E-state index in [0.717, 1.165) is 22.0 Å². The molecule has 0 unspecified atom stereocenters. The third kappa shape index (κ3) is 2.12. The van der Waals surface area contributed by atoms with Gasteiger partial charge in [0.1, 0.15) is 16.9 Å². The molecule has 0 fully saturated rings. The van der Waals surface area contributed by atoms with Crippen molar-refractivity contribution in [2.24, 2.45) is 0 Å². The zero-order valence-corrected chi connectivity index (χ0v) is 9.68. The fourth-order valence-corrected chi connectivity index (χ4v) is 2.35. The number of H-pyrrole nitrogens is 1. The number of fused-ring (bicyclic) bond motifs is 1. The first-order chi connectivity index (χ1) is 8.43. The van der Waals surface area contributed by atoms with Crippen molar-refractivity contribution < 1.29 is 0 Å². The van der Waals surface area contributed by atoms with E-state index in [1.165, 1.54) is 6.33 Å². The Morgan fingerprint density at radius 2 is 2.12 bits per heavy atom. The molecule has 0 amide bonds. The Morgan fingerprint density at radius 1 is 1.12 bits per heavy atom. The van der Waals surface area contributed by atoms with Crippen molar-refractivity contribution >= 4 is 22.9 Å². The maximum Gasteiger partial charge on any atom is 0.181 e. The molecule has 84 valence electrons. The predicted octanol–water partition coefficient (Wildman–Crippen LogP) is 2.04. The van der Waals surface area contributed by atoms with Crippen LogP contribution in [0.1, 0.15) is 5.69 Å². The largest absolute Gasteiger partial charge is 0.341 e. The molecule has 0 bridgehead atoms. The number of nitrogens with one attached hydrogen (secondary N) is 1. The fourth-order valence-electron chi connectivity index (χ4n) is 1.48. The van der Waals surface area contributed by atoms with Gasteiger partial charge < -0.3 is 4.98 Å². The summed E-state index contributed by atoms with van der Waals surface area (Å²) in [4.78, 5) is 19.7. The van der Waals surface area contributed by atoms with Gasteiger partial charge >= 0.3 is 0 Å². The number of hydrogen-bond acceptors (Lipinski definition) is 5. The average Bonchev–Trinajstić information content (AvgIpc) is 2.86. The second-order valence-electron chi connectivity index (χ2n) is 3.39. The number of thioether (sulfide) groups is 1. The molecule has 0 radical (unpaired) electrons. The molecule has 0 saturated heterocycles. The molecule has 0 saturated carbocycles. The third-order valence-corrected chi connectivity index (χ3v) is 3.29. The first-order valence-electron chi connectivity index (χ1n) is 5.10. The summed E-state index contributed by atoms with van der Waals surface area (Å²) in [5, 5.41) is 0.901. The van der Waals surface area contributed by atoms with Crippen LogP contribution < -0.4 is 0 Å². The standard InChI is InChI=1S/C11H9N5S/c1-2-4-12-8(3-1)5-17-11-9-10(14-6-13-9)15-7-16-11/h1-4,6-7H,5H2,(H,13,14,15,16). The Kier molecular flexibility index (Phi) is 2.71. The zero-order chi connectivity index (χ0) is 11.5. The van der Waals surface area contributed by atoms with E-state index in [1.54, 1.807) is 24.3 Å². The van der Waals surface area contributed by atoms with E-state index in [-0.39, 0.29) is 0 Å². The van der Waals surface area contributed by atoms with Crippen molar-refractivity contribution in [3.8, 4) is 0 Å². The molecule has 0 aliphatic rings. The molecule has 0 spiro atoms. The number of imidazole rings is 1. The van der Waals surface area contributed by atoms with Gasteiger partial charge in [-0.2, -0.15) is 0 Å². The number of aromatic amines is 1. The van der Waals surface area contributed by atoms with Crippen LogP contribution in [-0.2, 0) is 5.75 Å². The van der Waals surface area contributed by atoms with E-state index >= 15 is 0 Å². The van der Waals surface area contributed by atoms with Gasteiger partial charge in [-0.25, -0.2) is 15.0 Å². The van der Waals surface area contributed by atoms with Gasteiger partial charge in [-0.3, -0.25) is 4.98 Å². The van der Waals surface area contributed by atoms with Gasteiger partial charge in [-0.05, 0) is 12.1 Å². The Labute approximate surface area is 102 Å². The van der Waals surface area contributed by atoms with Crippen LogP contribution in [0.2, 0.25) is 0 Å². The van der Waals surface area contributed by atoms with Gasteiger partial charge in [-0.15, -0.1) is 0 Å². The van der Waals surface area contributed by atoms with Gasteiger partial charge in [0.15, 0.2) is 5.65 Å². The number of hydrogen-bond donors (Lipinski definition) is 1. The second kappa shape index (κ2) is 4.50. The van der Waals surface area contributed by atoms with Gasteiger partial charge in [0, 0.05) is 11.9 Å². The summed E-state index contributed by atoms with van der Waals surface area (Å²) >= 11 is 1.62. The van der Waals surface area contributed by atoms with Crippen LogP contribution in [0.5, 0.6) is 0 Å². The van der Waals surface area contributed by atoms with Crippen molar-refractivity contribution in [2.75, 3.05) is 0 Å². The van der Waals surface area contributed by atoms with E-state index < -0.39 is 0 Å². The highest BCUT2D eigenvalue weighted by Crippen LogP contribution is 2.24. The minimum atomic E-state index is 0.698. The van der Waals surface area contributed by atoms with Gasteiger partial charge in [0.05, 0.1) is 12.0 Å². The highest BCUT2D eigenvalue weighted by atomic mass is 32.2. The van der Waals surface area contributed by atoms with Crippen LogP contribution in [0.15, 0.2) is 42.1 Å². The summed E-state index contributed by atoms with van der Waals surface area (Å²) in [6, 6.07) is 5.89. The summed E-state index contributed by atoms with van der Waals surface area (Å²) in [5.41, 5.74) is 2.61.